The number of sulfonamides is 1. The van der Waals surface area contributed by atoms with Crippen LogP contribution < -0.4 is 10.0 Å². The summed E-state index contributed by atoms with van der Waals surface area (Å²) >= 11 is 0. The number of nitrogens with one attached hydrogen (secondary N) is 2. The molecule has 0 unspecified atom stereocenters. The van der Waals surface area contributed by atoms with Crippen LogP contribution in [0.1, 0.15) is 5.56 Å². The summed E-state index contributed by atoms with van der Waals surface area (Å²) in [6.07, 6.45) is 3.75. The van der Waals surface area contributed by atoms with E-state index in [4.69, 9.17) is 0 Å². The molecular weight excluding hydrogens is 288 g/mol. The van der Waals surface area contributed by atoms with E-state index in [2.05, 4.69) is 20.0 Å². The van der Waals surface area contributed by atoms with Crippen molar-refractivity contribution in [1.29, 1.82) is 0 Å². The molecule has 6 nitrogen and oxygen atoms in total. The van der Waals surface area contributed by atoms with E-state index in [0.717, 1.165) is 5.56 Å². The van der Waals surface area contributed by atoms with Gasteiger partial charge in [0, 0.05) is 25.5 Å². The molecular formula is C14H18N4O2S. The standard InChI is InChI=1S/C14H18N4O2S/c19-21(20,12-7-13-5-2-1-3-6-13)18-11-10-17-14-15-8-4-9-16-14/h1-6,8-9,18H,7,10-12H2,(H,15,16,17). The quantitative estimate of drug-likeness (QED) is 0.712. The van der Waals surface area contributed by atoms with Crippen molar-refractivity contribution in [2.45, 2.75) is 6.42 Å². The number of hydrogen-bond acceptors (Lipinski definition) is 5. The molecule has 21 heavy (non-hydrogen) atoms. The molecule has 2 N–H and O–H groups in total. The van der Waals surface area contributed by atoms with Crippen LogP contribution in [0.5, 0.6) is 0 Å². The predicted molar refractivity (Wildman–Crippen MR) is 82.5 cm³/mol. The first-order chi connectivity index (χ1) is 10.2. The zero-order valence-electron chi connectivity index (χ0n) is 11.6. The van der Waals surface area contributed by atoms with Crippen LogP contribution in [0.2, 0.25) is 0 Å². The Kier molecular flexibility index (Phi) is 5.65. The molecule has 0 radical (unpaired) electrons. The van der Waals surface area contributed by atoms with Crippen molar-refractivity contribution in [2.75, 3.05) is 24.2 Å². The first-order valence-corrected chi connectivity index (χ1v) is 8.33. The fourth-order valence-electron chi connectivity index (χ4n) is 1.74. The molecule has 0 aliphatic heterocycles. The summed E-state index contributed by atoms with van der Waals surface area (Å²) in [7, 11) is -3.27. The number of rotatable bonds is 8. The van der Waals surface area contributed by atoms with Gasteiger partial charge in [-0.3, -0.25) is 0 Å². The third-order valence-corrected chi connectivity index (χ3v) is 4.18. The summed E-state index contributed by atoms with van der Waals surface area (Å²) in [6, 6.07) is 11.3. The summed E-state index contributed by atoms with van der Waals surface area (Å²) in [5, 5.41) is 2.94. The van der Waals surface area contributed by atoms with Crippen LogP contribution in [0.3, 0.4) is 0 Å². The number of hydrogen-bond donors (Lipinski definition) is 2. The highest BCUT2D eigenvalue weighted by Gasteiger charge is 2.09. The number of benzene rings is 1. The van der Waals surface area contributed by atoms with Crippen molar-refractivity contribution in [3.05, 3.63) is 54.4 Å². The van der Waals surface area contributed by atoms with Crippen molar-refractivity contribution in [3.63, 3.8) is 0 Å². The normalized spacial score (nSPS) is 11.2. The molecule has 112 valence electrons. The van der Waals surface area contributed by atoms with Gasteiger partial charge in [-0.2, -0.15) is 0 Å². The number of nitrogens with zero attached hydrogens (tertiary/aromatic N) is 2. The fourth-order valence-corrected chi connectivity index (χ4v) is 2.80. The Morgan fingerprint density at radius 1 is 0.952 bits per heavy atom. The number of anilines is 1. The van der Waals surface area contributed by atoms with Crippen LogP contribution in [0.4, 0.5) is 5.95 Å². The SMILES string of the molecule is O=S(=O)(CCc1ccccc1)NCCNc1ncccn1. The van der Waals surface area contributed by atoms with Crippen molar-refractivity contribution in [1.82, 2.24) is 14.7 Å². The topological polar surface area (TPSA) is 84.0 Å². The summed E-state index contributed by atoms with van der Waals surface area (Å²) < 4.78 is 26.2. The lowest BCUT2D eigenvalue weighted by atomic mass is 10.2. The van der Waals surface area contributed by atoms with Crippen molar-refractivity contribution >= 4 is 16.0 Å². The van der Waals surface area contributed by atoms with Crippen LogP contribution in [-0.4, -0.2) is 37.2 Å². The van der Waals surface area contributed by atoms with Gasteiger partial charge in [-0.1, -0.05) is 30.3 Å². The van der Waals surface area contributed by atoms with E-state index in [1.54, 1.807) is 18.5 Å². The second-order valence-electron chi connectivity index (χ2n) is 4.45. The minimum Gasteiger partial charge on any atom is -0.353 e. The van der Waals surface area contributed by atoms with Gasteiger partial charge in [0.2, 0.25) is 16.0 Å². The van der Waals surface area contributed by atoms with Gasteiger partial charge in [0.25, 0.3) is 0 Å². The summed E-state index contributed by atoms with van der Waals surface area (Å²) in [6.45, 7) is 0.740. The predicted octanol–water partition coefficient (Wildman–Crippen LogP) is 1.05. The molecule has 1 aromatic carbocycles. The molecule has 0 aliphatic carbocycles. The first kappa shape index (κ1) is 15.4. The Balaban J connectivity index is 1.69. The van der Waals surface area contributed by atoms with E-state index in [-0.39, 0.29) is 5.75 Å². The molecule has 0 saturated carbocycles. The van der Waals surface area contributed by atoms with E-state index in [1.165, 1.54) is 0 Å². The van der Waals surface area contributed by atoms with Crippen molar-refractivity contribution < 1.29 is 8.42 Å². The van der Waals surface area contributed by atoms with E-state index >= 15 is 0 Å². The third-order valence-electron chi connectivity index (χ3n) is 2.80. The Morgan fingerprint density at radius 2 is 1.67 bits per heavy atom. The zero-order chi connectivity index (χ0) is 15.0. The Labute approximate surface area is 124 Å². The Hall–Kier alpha value is -1.99. The molecule has 2 aromatic rings. The monoisotopic (exact) mass is 306 g/mol. The lowest BCUT2D eigenvalue weighted by Crippen LogP contribution is -2.31. The van der Waals surface area contributed by atoms with Crippen LogP contribution in [-0.2, 0) is 16.4 Å². The average molecular weight is 306 g/mol. The van der Waals surface area contributed by atoms with E-state index in [1.807, 2.05) is 30.3 Å². The molecule has 1 aromatic heterocycles. The highest BCUT2D eigenvalue weighted by atomic mass is 32.2. The second-order valence-corrected chi connectivity index (χ2v) is 6.37. The van der Waals surface area contributed by atoms with Crippen LogP contribution in [0, 0.1) is 0 Å². The lowest BCUT2D eigenvalue weighted by Gasteiger charge is -2.07. The van der Waals surface area contributed by atoms with Crippen LogP contribution in [0.15, 0.2) is 48.8 Å². The Bertz CT molecular complexity index is 633. The van der Waals surface area contributed by atoms with E-state index < -0.39 is 10.0 Å². The number of aromatic nitrogens is 2. The molecule has 0 aliphatic rings. The largest absolute Gasteiger partial charge is 0.353 e. The van der Waals surface area contributed by atoms with Gasteiger partial charge in [0.15, 0.2) is 0 Å². The fraction of sp³-hybridized carbons (Fsp3) is 0.286. The smallest absolute Gasteiger partial charge is 0.222 e. The summed E-state index contributed by atoms with van der Waals surface area (Å²) in [4.78, 5) is 7.98. The average Bonchev–Trinajstić information content (AvgIpc) is 2.52. The first-order valence-electron chi connectivity index (χ1n) is 6.68. The highest BCUT2D eigenvalue weighted by molar-refractivity contribution is 7.89. The van der Waals surface area contributed by atoms with Gasteiger partial charge in [0.05, 0.1) is 5.75 Å². The van der Waals surface area contributed by atoms with Gasteiger partial charge in [-0.25, -0.2) is 23.1 Å². The molecule has 0 saturated heterocycles. The van der Waals surface area contributed by atoms with Crippen LogP contribution >= 0.6 is 0 Å². The molecule has 2 rings (SSSR count). The molecule has 0 atom stereocenters. The minimum absolute atomic E-state index is 0.0822. The molecule has 0 fully saturated rings. The Morgan fingerprint density at radius 3 is 2.38 bits per heavy atom. The van der Waals surface area contributed by atoms with Gasteiger partial charge in [0.1, 0.15) is 0 Å². The van der Waals surface area contributed by atoms with Gasteiger partial charge >= 0.3 is 0 Å². The minimum atomic E-state index is -3.27. The molecule has 0 spiro atoms. The number of aryl methyl sites for hydroxylation is 1. The van der Waals surface area contributed by atoms with E-state index in [9.17, 15) is 8.42 Å². The second kappa shape index (κ2) is 7.70. The molecule has 7 heteroatoms. The summed E-state index contributed by atoms with van der Waals surface area (Å²) in [5.41, 5.74) is 1.01. The lowest BCUT2D eigenvalue weighted by molar-refractivity contribution is 0.582. The van der Waals surface area contributed by atoms with E-state index in [0.29, 0.717) is 25.5 Å². The zero-order valence-corrected chi connectivity index (χ0v) is 12.4. The van der Waals surface area contributed by atoms with Gasteiger partial charge in [-0.15, -0.1) is 0 Å². The molecule has 0 amide bonds. The van der Waals surface area contributed by atoms with Crippen molar-refractivity contribution in [2.24, 2.45) is 0 Å². The maximum absolute atomic E-state index is 11.8. The molecule has 0 bridgehead atoms. The summed E-state index contributed by atoms with van der Waals surface area (Å²) in [5.74, 6) is 0.569. The van der Waals surface area contributed by atoms with Crippen molar-refractivity contribution in [3.8, 4) is 0 Å². The van der Waals surface area contributed by atoms with Gasteiger partial charge in [-0.05, 0) is 18.1 Å². The van der Waals surface area contributed by atoms with Gasteiger partial charge < -0.3 is 5.32 Å². The maximum Gasteiger partial charge on any atom is 0.222 e. The van der Waals surface area contributed by atoms with Crippen LogP contribution in [0.25, 0.3) is 0 Å². The third kappa shape index (κ3) is 5.88. The molecule has 1 heterocycles. The highest BCUT2D eigenvalue weighted by Crippen LogP contribution is 2.01. The maximum atomic E-state index is 11.8.